The maximum absolute atomic E-state index is 13.2. The van der Waals surface area contributed by atoms with Gasteiger partial charge in [0.1, 0.15) is 5.82 Å². The van der Waals surface area contributed by atoms with E-state index >= 15 is 0 Å². The van der Waals surface area contributed by atoms with Gasteiger partial charge in [-0.15, -0.1) is 12.4 Å². The van der Waals surface area contributed by atoms with Gasteiger partial charge < -0.3 is 5.32 Å². The van der Waals surface area contributed by atoms with Gasteiger partial charge in [0.25, 0.3) is 5.92 Å². The summed E-state index contributed by atoms with van der Waals surface area (Å²) in [7, 11) is 1.70. The second kappa shape index (κ2) is 6.86. The van der Waals surface area contributed by atoms with E-state index in [-0.39, 0.29) is 12.4 Å². The highest BCUT2D eigenvalue weighted by Crippen LogP contribution is 2.27. The highest BCUT2D eigenvalue weighted by molar-refractivity contribution is 5.95. The summed E-state index contributed by atoms with van der Waals surface area (Å²) in [6.45, 7) is 1.51. The molecule has 1 aromatic carbocycles. The average molecular weight is 357 g/mol. The molecule has 0 bridgehead atoms. The van der Waals surface area contributed by atoms with Crippen LogP contribution in [-0.4, -0.2) is 34.2 Å². The molecule has 1 saturated heterocycles. The van der Waals surface area contributed by atoms with Crippen LogP contribution in [0.3, 0.4) is 0 Å². The summed E-state index contributed by atoms with van der Waals surface area (Å²) < 4.78 is 27.9. The van der Waals surface area contributed by atoms with E-state index in [0.717, 1.165) is 16.8 Å². The Hall–Kier alpha value is -1.99. The third kappa shape index (κ3) is 3.73. The van der Waals surface area contributed by atoms with Gasteiger partial charge in [-0.3, -0.25) is 14.8 Å². The summed E-state index contributed by atoms with van der Waals surface area (Å²) in [5.74, 6) is -2.83. The Balaban J connectivity index is 0.00000208. The van der Waals surface area contributed by atoms with Gasteiger partial charge >= 0.3 is 0 Å². The van der Waals surface area contributed by atoms with Crippen molar-refractivity contribution < 1.29 is 13.6 Å². The summed E-state index contributed by atoms with van der Waals surface area (Å²) in [6, 6.07) is 8.64. The summed E-state index contributed by atoms with van der Waals surface area (Å²) in [4.78, 5) is 12.1. The number of aromatic nitrogens is 2. The van der Waals surface area contributed by atoms with Gasteiger partial charge in [0.15, 0.2) is 0 Å². The van der Waals surface area contributed by atoms with Crippen molar-refractivity contribution in [2.75, 3.05) is 11.9 Å². The predicted molar refractivity (Wildman–Crippen MR) is 90.6 cm³/mol. The lowest BCUT2D eigenvalue weighted by molar-refractivity contribution is -0.118. The van der Waals surface area contributed by atoms with Crippen LogP contribution in [-0.2, 0) is 11.8 Å². The molecule has 1 atom stereocenters. The van der Waals surface area contributed by atoms with Crippen molar-refractivity contribution in [3.8, 4) is 11.3 Å². The Morgan fingerprint density at radius 3 is 2.75 bits per heavy atom. The summed E-state index contributed by atoms with van der Waals surface area (Å²) in [5.41, 5.74) is 2.76. The number of nitrogens with zero attached hydrogens (tertiary/aromatic N) is 2. The Morgan fingerprint density at radius 2 is 2.12 bits per heavy atom. The molecule has 8 heteroatoms. The van der Waals surface area contributed by atoms with Crippen LogP contribution in [0.15, 0.2) is 30.3 Å². The number of hydrogen-bond acceptors (Lipinski definition) is 3. The van der Waals surface area contributed by atoms with Crippen molar-refractivity contribution in [2.45, 2.75) is 25.3 Å². The summed E-state index contributed by atoms with van der Waals surface area (Å²) in [5, 5.41) is 9.59. The van der Waals surface area contributed by atoms with Crippen LogP contribution in [0.5, 0.6) is 0 Å². The first-order chi connectivity index (χ1) is 10.9. The molecule has 1 aromatic heterocycles. The number of halogens is 3. The Kier molecular flexibility index (Phi) is 5.25. The zero-order valence-corrected chi connectivity index (χ0v) is 14.2. The fourth-order valence-corrected chi connectivity index (χ4v) is 2.69. The van der Waals surface area contributed by atoms with Gasteiger partial charge in [-0.1, -0.05) is 24.3 Å². The average Bonchev–Trinajstić information content (AvgIpc) is 3.03. The van der Waals surface area contributed by atoms with E-state index in [1.54, 1.807) is 13.1 Å². The molecule has 2 aromatic rings. The molecule has 3 rings (SSSR count). The Bertz CT molecular complexity index is 747. The number of alkyl halides is 2. The van der Waals surface area contributed by atoms with E-state index in [9.17, 15) is 13.6 Å². The van der Waals surface area contributed by atoms with Crippen LogP contribution in [0.4, 0.5) is 14.6 Å². The lowest BCUT2D eigenvalue weighted by Crippen LogP contribution is -2.35. The molecule has 1 aliphatic heterocycles. The zero-order chi connectivity index (χ0) is 16.6. The molecule has 130 valence electrons. The number of benzene rings is 1. The summed E-state index contributed by atoms with van der Waals surface area (Å²) in [6.07, 6.45) is -0.485. The number of carbonyl (C=O) groups is 1. The number of anilines is 1. The Morgan fingerprint density at radius 1 is 1.42 bits per heavy atom. The molecule has 0 radical (unpaired) electrons. The molecule has 0 spiro atoms. The fraction of sp³-hybridized carbons (Fsp3) is 0.375. The van der Waals surface area contributed by atoms with Crippen LogP contribution in [0.25, 0.3) is 11.3 Å². The number of aryl methyl sites for hydroxylation is 2. The van der Waals surface area contributed by atoms with Crippen LogP contribution in [0.2, 0.25) is 0 Å². The van der Waals surface area contributed by atoms with Gasteiger partial charge in [0.05, 0.1) is 18.3 Å². The molecule has 0 aliphatic carbocycles. The van der Waals surface area contributed by atoms with Crippen molar-refractivity contribution in [2.24, 2.45) is 7.05 Å². The van der Waals surface area contributed by atoms with Crippen molar-refractivity contribution in [3.05, 3.63) is 35.9 Å². The molecule has 2 N–H and O–H groups in total. The predicted octanol–water partition coefficient (Wildman–Crippen LogP) is 2.75. The van der Waals surface area contributed by atoms with Crippen LogP contribution >= 0.6 is 12.4 Å². The van der Waals surface area contributed by atoms with Crippen molar-refractivity contribution in [3.63, 3.8) is 0 Å². The topological polar surface area (TPSA) is 59.0 Å². The Labute approximate surface area is 144 Å². The molecule has 2 heterocycles. The molecule has 1 fully saturated rings. The fourth-order valence-electron chi connectivity index (χ4n) is 2.69. The molecular weight excluding hydrogens is 338 g/mol. The second-order valence-corrected chi connectivity index (χ2v) is 5.84. The van der Waals surface area contributed by atoms with Crippen molar-refractivity contribution in [1.82, 2.24) is 15.1 Å². The number of nitrogens with one attached hydrogen (secondary N) is 2. The minimum absolute atomic E-state index is 0. The molecule has 24 heavy (non-hydrogen) atoms. The molecular formula is C16H19ClF2N4O. The molecule has 1 aliphatic rings. The van der Waals surface area contributed by atoms with Gasteiger partial charge in [0.2, 0.25) is 5.91 Å². The van der Waals surface area contributed by atoms with E-state index in [2.05, 4.69) is 15.7 Å². The van der Waals surface area contributed by atoms with E-state index < -0.39 is 30.8 Å². The van der Waals surface area contributed by atoms with Crippen LogP contribution in [0, 0.1) is 6.92 Å². The number of amides is 1. The van der Waals surface area contributed by atoms with Gasteiger partial charge in [0, 0.05) is 25.1 Å². The van der Waals surface area contributed by atoms with Crippen LogP contribution < -0.4 is 10.6 Å². The quantitative estimate of drug-likeness (QED) is 0.889. The highest BCUT2D eigenvalue weighted by atomic mass is 35.5. The lowest BCUT2D eigenvalue weighted by atomic mass is 10.1. The second-order valence-electron chi connectivity index (χ2n) is 5.84. The molecule has 0 saturated carbocycles. The van der Waals surface area contributed by atoms with Crippen LogP contribution in [0.1, 0.15) is 12.0 Å². The number of carbonyl (C=O) groups excluding carboxylic acids is 1. The zero-order valence-electron chi connectivity index (χ0n) is 13.3. The minimum Gasteiger partial charge on any atom is -0.310 e. The molecule has 1 unspecified atom stereocenters. The largest absolute Gasteiger partial charge is 0.310 e. The number of hydrogen-bond donors (Lipinski definition) is 2. The first kappa shape index (κ1) is 18.4. The van der Waals surface area contributed by atoms with Crippen molar-refractivity contribution >= 4 is 24.1 Å². The summed E-state index contributed by atoms with van der Waals surface area (Å²) >= 11 is 0. The third-order valence-electron chi connectivity index (χ3n) is 3.98. The van der Waals surface area contributed by atoms with E-state index in [1.165, 1.54) is 4.68 Å². The van der Waals surface area contributed by atoms with Crippen molar-refractivity contribution in [1.29, 1.82) is 0 Å². The maximum Gasteiger partial charge on any atom is 0.262 e. The minimum atomic E-state index is -2.83. The van der Waals surface area contributed by atoms with E-state index in [4.69, 9.17) is 0 Å². The van der Waals surface area contributed by atoms with E-state index in [0.29, 0.717) is 5.82 Å². The monoisotopic (exact) mass is 356 g/mol. The number of rotatable bonds is 3. The highest BCUT2D eigenvalue weighted by Gasteiger charge is 2.42. The molecule has 1 amide bonds. The smallest absolute Gasteiger partial charge is 0.262 e. The van der Waals surface area contributed by atoms with Gasteiger partial charge in [-0.2, -0.15) is 5.10 Å². The van der Waals surface area contributed by atoms with Gasteiger partial charge in [-0.05, 0) is 12.5 Å². The third-order valence-corrected chi connectivity index (χ3v) is 3.98. The molecule has 5 nitrogen and oxygen atoms in total. The SMILES string of the molecule is Cc1ccccc1-c1cc(NC(=O)C2CC(F)(F)CN2)n(C)n1.Cl. The van der Waals surface area contributed by atoms with E-state index in [1.807, 2.05) is 31.2 Å². The first-order valence-corrected chi connectivity index (χ1v) is 7.38. The first-order valence-electron chi connectivity index (χ1n) is 7.38. The maximum atomic E-state index is 13.2. The lowest BCUT2D eigenvalue weighted by Gasteiger charge is -2.10. The normalized spacial score (nSPS) is 18.9. The standard InChI is InChI=1S/C16H18F2N4O.ClH/c1-10-5-3-4-6-11(10)12-7-14(22(2)21-12)20-15(23)13-8-16(17,18)9-19-13;/h3-7,13,19H,8-9H2,1-2H3,(H,20,23);1H. The van der Waals surface area contributed by atoms with Gasteiger partial charge in [-0.25, -0.2) is 8.78 Å².